The summed E-state index contributed by atoms with van der Waals surface area (Å²) < 4.78 is 14.1. The number of halogens is 1. The number of aromatic nitrogens is 2. The number of hydrogen-bond acceptors (Lipinski definition) is 9. The molecule has 31 heavy (non-hydrogen) atoms. The van der Waals surface area contributed by atoms with Gasteiger partial charge in [0.15, 0.2) is 0 Å². The number of hydrazone groups is 1. The van der Waals surface area contributed by atoms with Gasteiger partial charge < -0.3 is 27.4 Å². The number of nitrogens with zero attached hydrogens (tertiary/aromatic N) is 3. The van der Waals surface area contributed by atoms with Crippen LogP contribution in [0.2, 0.25) is 0 Å². The number of hydrogen-bond donors (Lipinski definition) is 6. The molecule has 0 unspecified atom stereocenters. The zero-order chi connectivity index (χ0) is 22.2. The van der Waals surface area contributed by atoms with Crippen LogP contribution < -0.4 is 32.8 Å². The lowest BCUT2D eigenvalue weighted by atomic mass is 9.91. The van der Waals surface area contributed by atoms with E-state index in [9.17, 15) is 9.18 Å². The number of benzene rings is 1. The van der Waals surface area contributed by atoms with Crippen LogP contribution in [-0.4, -0.2) is 47.8 Å². The quantitative estimate of drug-likeness (QED) is 0.260. The zero-order valence-corrected chi connectivity index (χ0v) is 17.4. The van der Waals surface area contributed by atoms with Crippen LogP contribution in [0.5, 0.6) is 0 Å². The molecule has 3 rings (SSSR count). The van der Waals surface area contributed by atoms with Crippen LogP contribution in [-0.2, 0) is 0 Å². The zero-order valence-electron chi connectivity index (χ0n) is 17.4. The summed E-state index contributed by atoms with van der Waals surface area (Å²) >= 11 is 0. The summed E-state index contributed by atoms with van der Waals surface area (Å²) in [5.41, 5.74) is 15.3. The molecule has 166 valence electrons. The van der Waals surface area contributed by atoms with E-state index < -0.39 is 11.7 Å². The molecule has 10 nitrogen and oxygen atoms in total. The Labute approximate surface area is 180 Å². The molecule has 1 aliphatic rings. The van der Waals surface area contributed by atoms with Crippen molar-refractivity contribution in [3.05, 3.63) is 35.8 Å². The smallest absolute Gasteiger partial charge is 0.254 e. The SMILES string of the molecule is CNC/C=N\Nc1cc(F)cc(Nc2nc(N[C@@H]3CCCC[C@@H]3N)ncc2C(N)=O)c1. The Bertz CT molecular complexity index is 937. The van der Waals surface area contributed by atoms with Crippen LogP contribution >= 0.6 is 0 Å². The average Bonchev–Trinajstić information content (AvgIpc) is 2.72. The van der Waals surface area contributed by atoms with Gasteiger partial charge in [0.25, 0.3) is 5.91 Å². The molecule has 1 aliphatic carbocycles. The Morgan fingerprint density at radius 3 is 2.81 bits per heavy atom. The highest BCUT2D eigenvalue weighted by atomic mass is 19.1. The van der Waals surface area contributed by atoms with Crippen molar-refractivity contribution in [2.45, 2.75) is 37.8 Å². The van der Waals surface area contributed by atoms with Crippen molar-refractivity contribution in [2.24, 2.45) is 16.6 Å². The highest BCUT2D eigenvalue weighted by Gasteiger charge is 2.23. The van der Waals surface area contributed by atoms with E-state index in [1.165, 1.54) is 18.3 Å². The lowest BCUT2D eigenvalue weighted by Gasteiger charge is -2.29. The summed E-state index contributed by atoms with van der Waals surface area (Å²) in [7, 11) is 1.79. The molecule has 8 N–H and O–H groups in total. The molecule has 1 heterocycles. The fraction of sp³-hybridized carbons (Fsp3) is 0.400. The molecule has 2 atom stereocenters. The van der Waals surface area contributed by atoms with Gasteiger partial charge in [0.05, 0.1) is 5.69 Å². The van der Waals surface area contributed by atoms with E-state index in [0.29, 0.717) is 23.9 Å². The first-order valence-electron chi connectivity index (χ1n) is 10.1. The Hall–Kier alpha value is -3.31. The van der Waals surface area contributed by atoms with Gasteiger partial charge in [0.1, 0.15) is 17.2 Å². The third-order valence-electron chi connectivity index (χ3n) is 4.93. The molecular formula is C20H28FN9O. The lowest BCUT2D eigenvalue weighted by Crippen LogP contribution is -2.43. The molecule has 1 aromatic carbocycles. The molecule has 2 aromatic rings. The first kappa shape index (κ1) is 22.4. The van der Waals surface area contributed by atoms with Crippen LogP contribution in [0.4, 0.5) is 27.5 Å². The molecule has 1 aromatic heterocycles. The molecule has 0 aliphatic heterocycles. The Morgan fingerprint density at radius 1 is 1.29 bits per heavy atom. The van der Waals surface area contributed by atoms with E-state index in [0.717, 1.165) is 25.7 Å². The van der Waals surface area contributed by atoms with E-state index >= 15 is 0 Å². The van der Waals surface area contributed by atoms with Crippen molar-refractivity contribution >= 4 is 35.3 Å². The lowest BCUT2D eigenvalue weighted by molar-refractivity contribution is 0.100. The maximum absolute atomic E-state index is 14.1. The van der Waals surface area contributed by atoms with Crippen LogP contribution in [0.1, 0.15) is 36.0 Å². The maximum atomic E-state index is 14.1. The minimum Gasteiger partial charge on any atom is -0.365 e. The van der Waals surface area contributed by atoms with Crippen molar-refractivity contribution in [3.8, 4) is 0 Å². The van der Waals surface area contributed by atoms with Gasteiger partial charge in [0.2, 0.25) is 5.95 Å². The third-order valence-corrected chi connectivity index (χ3v) is 4.93. The van der Waals surface area contributed by atoms with Crippen LogP contribution in [0, 0.1) is 5.82 Å². The van der Waals surface area contributed by atoms with Crippen LogP contribution in [0.3, 0.4) is 0 Å². The number of carbonyl (C=O) groups is 1. The number of nitrogens with one attached hydrogen (secondary N) is 4. The fourth-order valence-corrected chi connectivity index (χ4v) is 3.35. The Balaban J connectivity index is 1.82. The molecule has 1 fully saturated rings. The number of nitrogens with two attached hydrogens (primary N) is 2. The third kappa shape index (κ3) is 6.33. The predicted octanol–water partition coefficient (Wildman–Crippen LogP) is 1.76. The van der Waals surface area contributed by atoms with E-state index in [1.54, 1.807) is 19.3 Å². The second kappa shape index (κ2) is 10.6. The molecule has 11 heteroatoms. The first-order chi connectivity index (χ1) is 15.0. The average molecular weight is 430 g/mol. The molecule has 0 spiro atoms. The van der Waals surface area contributed by atoms with Gasteiger partial charge >= 0.3 is 0 Å². The minimum absolute atomic E-state index is 0.00453. The summed E-state index contributed by atoms with van der Waals surface area (Å²) in [6, 6.07) is 4.26. The van der Waals surface area contributed by atoms with Gasteiger partial charge in [-0.3, -0.25) is 10.2 Å². The van der Waals surface area contributed by atoms with Crippen molar-refractivity contribution < 1.29 is 9.18 Å². The number of carbonyl (C=O) groups excluding carboxylic acids is 1. The van der Waals surface area contributed by atoms with Gasteiger partial charge in [-0.25, -0.2) is 9.37 Å². The molecular weight excluding hydrogens is 401 g/mol. The standard InChI is InChI=1S/C20H28FN9O/c1-24-6-7-26-30-14-9-12(21)8-13(10-14)27-19-15(18(23)31)11-25-20(29-19)28-17-5-3-2-4-16(17)22/h7-11,16-17,24,30H,2-6,22H2,1H3,(H2,23,31)(H2,25,27,28,29)/b26-7-/t16-,17+/m0/s1. The molecule has 0 bridgehead atoms. The summed E-state index contributed by atoms with van der Waals surface area (Å²) in [5.74, 6) is -0.696. The van der Waals surface area contributed by atoms with Crippen molar-refractivity contribution in [1.29, 1.82) is 0 Å². The van der Waals surface area contributed by atoms with Gasteiger partial charge in [-0.1, -0.05) is 12.8 Å². The number of anilines is 4. The monoisotopic (exact) mass is 429 g/mol. The topological polar surface area (TPSA) is 155 Å². The van der Waals surface area contributed by atoms with Crippen molar-refractivity contribution in [2.75, 3.05) is 29.7 Å². The summed E-state index contributed by atoms with van der Waals surface area (Å²) in [4.78, 5) is 20.4. The second-order valence-electron chi connectivity index (χ2n) is 7.35. The summed E-state index contributed by atoms with van der Waals surface area (Å²) in [5, 5.41) is 13.1. The van der Waals surface area contributed by atoms with Gasteiger partial charge in [0, 0.05) is 36.7 Å². The predicted molar refractivity (Wildman–Crippen MR) is 120 cm³/mol. The van der Waals surface area contributed by atoms with Gasteiger partial charge in [-0.15, -0.1) is 0 Å². The normalized spacial score (nSPS) is 18.7. The number of rotatable bonds is 9. The Kier molecular flexibility index (Phi) is 7.68. The molecule has 0 saturated heterocycles. The van der Waals surface area contributed by atoms with E-state index in [1.807, 2.05) is 0 Å². The number of amides is 1. The van der Waals surface area contributed by atoms with Gasteiger partial charge in [-0.2, -0.15) is 10.1 Å². The number of primary amides is 1. The molecule has 1 saturated carbocycles. The Morgan fingerprint density at radius 2 is 2.06 bits per heavy atom. The summed E-state index contributed by atoms with van der Waals surface area (Å²) in [6.45, 7) is 0.566. The van der Waals surface area contributed by atoms with Crippen molar-refractivity contribution in [3.63, 3.8) is 0 Å². The maximum Gasteiger partial charge on any atom is 0.254 e. The second-order valence-corrected chi connectivity index (χ2v) is 7.35. The highest BCUT2D eigenvalue weighted by Crippen LogP contribution is 2.25. The van der Waals surface area contributed by atoms with Crippen LogP contribution in [0.15, 0.2) is 29.5 Å². The molecule has 1 amide bonds. The summed E-state index contributed by atoms with van der Waals surface area (Å²) in [6.07, 6.45) is 6.97. The highest BCUT2D eigenvalue weighted by molar-refractivity contribution is 5.98. The minimum atomic E-state index is -0.699. The fourth-order valence-electron chi connectivity index (χ4n) is 3.35. The van der Waals surface area contributed by atoms with E-state index in [4.69, 9.17) is 11.5 Å². The van der Waals surface area contributed by atoms with E-state index in [-0.39, 0.29) is 23.5 Å². The van der Waals surface area contributed by atoms with Gasteiger partial charge in [-0.05, 0) is 38.1 Å². The largest absolute Gasteiger partial charge is 0.365 e. The van der Waals surface area contributed by atoms with E-state index in [2.05, 4.69) is 36.4 Å². The molecule has 0 radical (unpaired) electrons. The van der Waals surface area contributed by atoms with Crippen LogP contribution in [0.25, 0.3) is 0 Å². The van der Waals surface area contributed by atoms with Crippen molar-refractivity contribution in [1.82, 2.24) is 15.3 Å². The first-order valence-corrected chi connectivity index (χ1v) is 10.1.